The van der Waals surface area contributed by atoms with E-state index in [4.69, 9.17) is 10.5 Å². The molecule has 0 unspecified atom stereocenters. The number of aromatic hydroxyl groups is 1. The molecule has 0 bridgehead atoms. The van der Waals surface area contributed by atoms with Gasteiger partial charge in [0.2, 0.25) is 0 Å². The van der Waals surface area contributed by atoms with Gasteiger partial charge in [0.15, 0.2) is 5.82 Å². The highest BCUT2D eigenvalue weighted by atomic mass is 16.5. The number of rotatable bonds is 4. The van der Waals surface area contributed by atoms with E-state index in [0.717, 1.165) is 31.6 Å². The van der Waals surface area contributed by atoms with Gasteiger partial charge in [-0.3, -0.25) is 4.79 Å². The van der Waals surface area contributed by atoms with Crippen LogP contribution in [-0.2, 0) is 9.53 Å². The molecular formula is C18H22N4O3. The maximum atomic E-state index is 11.4. The number of piperidine rings is 1. The number of carbonyl (C=O) groups is 1. The van der Waals surface area contributed by atoms with E-state index in [1.807, 2.05) is 12.1 Å². The van der Waals surface area contributed by atoms with Crippen LogP contribution in [-0.4, -0.2) is 41.5 Å². The third-order valence-electron chi connectivity index (χ3n) is 4.62. The molecule has 1 saturated heterocycles. The molecule has 0 spiro atoms. The fourth-order valence-corrected chi connectivity index (χ4v) is 3.16. The molecule has 1 aliphatic rings. The zero-order chi connectivity index (χ0) is 17.8. The van der Waals surface area contributed by atoms with Crippen molar-refractivity contribution in [2.75, 3.05) is 30.8 Å². The summed E-state index contributed by atoms with van der Waals surface area (Å²) in [6, 6.07) is 8.87. The maximum Gasteiger partial charge on any atom is 0.305 e. The van der Waals surface area contributed by atoms with E-state index < -0.39 is 0 Å². The number of phenolic OH excluding ortho intramolecular Hbond substituents is 1. The van der Waals surface area contributed by atoms with Gasteiger partial charge >= 0.3 is 5.97 Å². The molecular weight excluding hydrogens is 320 g/mol. The molecule has 3 N–H and O–H groups in total. The normalized spacial score (nSPS) is 15.2. The number of hydrogen-bond acceptors (Lipinski definition) is 7. The molecule has 1 fully saturated rings. The van der Waals surface area contributed by atoms with E-state index >= 15 is 0 Å². The Labute approximate surface area is 146 Å². The summed E-state index contributed by atoms with van der Waals surface area (Å²) < 4.78 is 4.74. The summed E-state index contributed by atoms with van der Waals surface area (Å²) in [6.07, 6.45) is 2.24. The van der Waals surface area contributed by atoms with Crippen molar-refractivity contribution in [3.05, 3.63) is 30.3 Å². The summed E-state index contributed by atoms with van der Waals surface area (Å²) >= 11 is 0. The molecule has 0 saturated carbocycles. The SMILES string of the molecule is COC(=O)CC1CCN(c2cc(-c3ccccc3O)nnc2N)CC1. The first-order valence-corrected chi connectivity index (χ1v) is 8.32. The number of anilines is 2. The molecule has 2 aromatic rings. The summed E-state index contributed by atoms with van der Waals surface area (Å²) in [5.41, 5.74) is 8.04. The molecule has 0 radical (unpaired) electrons. The van der Waals surface area contributed by atoms with Crippen LogP contribution in [0.5, 0.6) is 5.75 Å². The quantitative estimate of drug-likeness (QED) is 0.821. The minimum absolute atomic E-state index is 0.157. The van der Waals surface area contributed by atoms with E-state index in [2.05, 4.69) is 15.1 Å². The number of esters is 1. The lowest BCUT2D eigenvalue weighted by molar-refractivity contribution is -0.141. The zero-order valence-electron chi connectivity index (χ0n) is 14.2. The number of aromatic nitrogens is 2. The molecule has 1 aliphatic heterocycles. The van der Waals surface area contributed by atoms with Crippen LogP contribution in [0.15, 0.2) is 30.3 Å². The van der Waals surface area contributed by atoms with Crippen LogP contribution in [0.2, 0.25) is 0 Å². The largest absolute Gasteiger partial charge is 0.507 e. The van der Waals surface area contributed by atoms with E-state index in [1.165, 1.54) is 7.11 Å². The minimum atomic E-state index is -0.162. The lowest BCUT2D eigenvalue weighted by Crippen LogP contribution is -2.35. The molecule has 1 aromatic carbocycles. The lowest BCUT2D eigenvalue weighted by Gasteiger charge is -2.33. The molecule has 25 heavy (non-hydrogen) atoms. The highest BCUT2D eigenvalue weighted by Gasteiger charge is 2.24. The van der Waals surface area contributed by atoms with Gasteiger partial charge in [-0.15, -0.1) is 10.2 Å². The number of nitrogens with two attached hydrogens (primary N) is 1. The number of benzene rings is 1. The first-order valence-electron chi connectivity index (χ1n) is 8.32. The monoisotopic (exact) mass is 342 g/mol. The Morgan fingerprint density at radius 1 is 1.32 bits per heavy atom. The second-order valence-electron chi connectivity index (χ2n) is 6.23. The van der Waals surface area contributed by atoms with Crippen LogP contribution in [0.4, 0.5) is 11.5 Å². The van der Waals surface area contributed by atoms with Crippen LogP contribution >= 0.6 is 0 Å². The van der Waals surface area contributed by atoms with Gasteiger partial charge in [-0.25, -0.2) is 0 Å². The van der Waals surface area contributed by atoms with Gasteiger partial charge in [0.25, 0.3) is 0 Å². The smallest absolute Gasteiger partial charge is 0.305 e. The van der Waals surface area contributed by atoms with Gasteiger partial charge in [0.05, 0.1) is 18.5 Å². The Bertz CT molecular complexity index is 758. The van der Waals surface area contributed by atoms with E-state index in [9.17, 15) is 9.90 Å². The van der Waals surface area contributed by atoms with Crippen molar-refractivity contribution in [2.24, 2.45) is 5.92 Å². The Morgan fingerprint density at radius 2 is 2.04 bits per heavy atom. The minimum Gasteiger partial charge on any atom is -0.507 e. The second-order valence-corrected chi connectivity index (χ2v) is 6.23. The van der Waals surface area contributed by atoms with Crippen molar-refractivity contribution in [1.82, 2.24) is 10.2 Å². The second kappa shape index (κ2) is 7.38. The zero-order valence-corrected chi connectivity index (χ0v) is 14.2. The first-order chi connectivity index (χ1) is 12.1. The van der Waals surface area contributed by atoms with Crippen molar-refractivity contribution in [1.29, 1.82) is 0 Å². The Kier molecular flexibility index (Phi) is 5.02. The highest BCUT2D eigenvalue weighted by Crippen LogP contribution is 2.33. The van der Waals surface area contributed by atoms with Gasteiger partial charge in [-0.1, -0.05) is 12.1 Å². The lowest BCUT2D eigenvalue weighted by atomic mass is 9.93. The van der Waals surface area contributed by atoms with Crippen molar-refractivity contribution in [3.63, 3.8) is 0 Å². The standard InChI is InChI=1S/C18H22N4O3/c1-25-17(24)10-12-6-8-22(9-7-12)15-11-14(20-21-18(15)19)13-4-2-3-5-16(13)23/h2-5,11-12,23H,6-10H2,1H3,(H2,19,21). The van der Waals surface area contributed by atoms with E-state index in [0.29, 0.717) is 29.4 Å². The Morgan fingerprint density at radius 3 is 2.72 bits per heavy atom. The summed E-state index contributed by atoms with van der Waals surface area (Å²) in [7, 11) is 1.42. The van der Waals surface area contributed by atoms with Crippen molar-refractivity contribution in [3.8, 4) is 17.0 Å². The number of hydrogen-bond donors (Lipinski definition) is 2. The summed E-state index contributed by atoms with van der Waals surface area (Å²) in [5.74, 6) is 0.692. The fourth-order valence-electron chi connectivity index (χ4n) is 3.16. The number of carbonyl (C=O) groups excluding carboxylic acids is 1. The molecule has 0 aliphatic carbocycles. The predicted octanol–water partition coefficient (Wildman–Crippen LogP) is 2.21. The van der Waals surface area contributed by atoms with E-state index in [-0.39, 0.29) is 11.7 Å². The number of nitrogens with zero attached hydrogens (tertiary/aromatic N) is 3. The summed E-state index contributed by atoms with van der Waals surface area (Å²) in [6.45, 7) is 1.58. The molecule has 132 valence electrons. The van der Waals surface area contributed by atoms with Gasteiger partial charge < -0.3 is 20.5 Å². The molecule has 0 amide bonds. The molecule has 0 atom stereocenters. The number of ether oxygens (including phenoxy) is 1. The van der Waals surface area contributed by atoms with Crippen molar-refractivity contribution < 1.29 is 14.6 Å². The van der Waals surface area contributed by atoms with Gasteiger partial charge in [0, 0.05) is 25.1 Å². The summed E-state index contributed by atoms with van der Waals surface area (Å²) in [5, 5.41) is 18.2. The molecule has 7 nitrogen and oxygen atoms in total. The van der Waals surface area contributed by atoms with Crippen LogP contribution < -0.4 is 10.6 Å². The van der Waals surface area contributed by atoms with Crippen LogP contribution in [0.25, 0.3) is 11.3 Å². The van der Waals surface area contributed by atoms with Gasteiger partial charge in [-0.05, 0) is 37.0 Å². The van der Waals surface area contributed by atoms with Crippen LogP contribution in [0, 0.1) is 5.92 Å². The van der Waals surface area contributed by atoms with E-state index in [1.54, 1.807) is 18.2 Å². The van der Waals surface area contributed by atoms with Gasteiger partial charge in [-0.2, -0.15) is 0 Å². The molecule has 7 heteroatoms. The topological polar surface area (TPSA) is 102 Å². The number of phenols is 1. The summed E-state index contributed by atoms with van der Waals surface area (Å²) in [4.78, 5) is 13.6. The average Bonchev–Trinajstić information content (AvgIpc) is 2.63. The van der Waals surface area contributed by atoms with Gasteiger partial charge in [0.1, 0.15) is 5.75 Å². The molecule has 1 aromatic heterocycles. The van der Waals surface area contributed by atoms with Crippen LogP contribution in [0.3, 0.4) is 0 Å². The number of para-hydroxylation sites is 1. The Hall–Kier alpha value is -2.83. The Balaban J connectivity index is 1.76. The fraction of sp³-hybridized carbons (Fsp3) is 0.389. The first kappa shape index (κ1) is 17.0. The highest BCUT2D eigenvalue weighted by molar-refractivity contribution is 5.74. The average molecular weight is 342 g/mol. The third-order valence-corrected chi connectivity index (χ3v) is 4.62. The van der Waals surface area contributed by atoms with Crippen molar-refractivity contribution in [2.45, 2.75) is 19.3 Å². The number of nitrogen functional groups attached to an aromatic ring is 1. The van der Waals surface area contributed by atoms with Crippen molar-refractivity contribution >= 4 is 17.5 Å². The maximum absolute atomic E-state index is 11.4. The third kappa shape index (κ3) is 3.81. The predicted molar refractivity (Wildman–Crippen MR) is 95.1 cm³/mol. The number of methoxy groups -OCH3 is 1. The molecule has 3 rings (SSSR count). The molecule has 2 heterocycles. The van der Waals surface area contributed by atoms with Crippen LogP contribution in [0.1, 0.15) is 19.3 Å².